The summed E-state index contributed by atoms with van der Waals surface area (Å²) in [5, 5.41) is 6.70. The molecule has 1 aromatic heterocycles. The Bertz CT molecular complexity index is 716. The molecule has 0 fully saturated rings. The summed E-state index contributed by atoms with van der Waals surface area (Å²) in [5.41, 5.74) is 1.93. The molecule has 1 N–H and O–H groups in total. The smallest absolute Gasteiger partial charge is 0.387 e. The number of aryl methyl sites for hydroxylation is 3. The van der Waals surface area contributed by atoms with Gasteiger partial charge in [-0.15, -0.1) is 0 Å². The summed E-state index contributed by atoms with van der Waals surface area (Å²) < 4.78 is 31.3. The number of amides is 1. The molecule has 0 aliphatic heterocycles. The van der Waals surface area contributed by atoms with E-state index in [1.807, 2.05) is 0 Å². The van der Waals surface area contributed by atoms with E-state index < -0.39 is 12.5 Å². The van der Waals surface area contributed by atoms with Gasteiger partial charge in [0, 0.05) is 7.05 Å². The van der Waals surface area contributed by atoms with Crippen LogP contribution < -0.4 is 10.1 Å². The Morgan fingerprint density at radius 1 is 1.41 bits per heavy atom. The predicted molar refractivity (Wildman–Crippen MR) is 81.4 cm³/mol. The van der Waals surface area contributed by atoms with Gasteiger partial charge in [-0.3, -0.25) is 9.48 Å². The zero-order valence-electron chi connectivity index (χ0n) is 12.2. The van der Waals surface area contributed by atoms with Crippen LogP contribution >= 0.6 is 15.9 Å². The summed E-state index contributed by atoms with van der Waals surface area (Å²) in [6.07, 6.45) is 0. The van der Waals surface area contributed by atoms with E-state index in [4.69, 9.17) is 0 Å². The van der Waals surface area contributed by atoms with Gasteiger partial charge >= 0.3 is 6.61 Å². The standard InChI is InChI=1S/C14H14BrF2N3O2/c1-7-4-5-10(22-14(16)17)9(6-7)18-13(21)12-11(15)8(2)19-20(12)3/h4-6,14H,1-3H3,(H,18,21). The lowest BCUT2D eigenvalue weighted by Crippen LogP contribution is -2.18. The summed E-state index contributed by atoms with van der Waals surface area (Å²) in [4.78, 5) is 12.4. The van der Waals surface area contributed by atoms with Gasteiger partial charge in [0.25, 0.3) is 5.91 Å². The molecule has 118 valence electrons. The zero-order valence-corrected chi connectivity index (χ0v) is 13.7. The first-order valence-corrected chi connectivity index (χ1v) is 7.14. The number of halogens is 3. The maximum Gasteiger partial charge on any atom is 0.387 e. The van der Waals surface area contributed by atoms with E-state index in [0.29, 0.717) is 15.9 Å². The van der Waals surface area contributed by atoms with Crippen molar-refractivity contribution in [1.82, 2.24) is 9.78 Å². The third-order valence-corrected chi connectivity index (χ3v) is 3.91. The Balaban J connectivity index is 2.33. The minimum Gasteiger partial charge on any atom is -0.433 e. The monoisotopic (exact) mass is 373 g/mol. The number of aromatic nitrogens is 2. The van der Waals surface area contributed by atoms with Crippen molar-refractivity contribution in [2.75, 3.05) is 5.32 Å². The molecule has 2 aromatic rings. The fourth-order valence-corrected chi connectivity index (χ4v) is 2.52. The van der Waals surface area contributed by atoms with Gasteiger partial charge in [-0.25, -0.2) is 0 Å². The van der Waals surface area contributed by atoms with Gasteiger partial charge in [0.05, 0.1) is 15.9 Å². The highest BCUT2D eigenvalue weighted by molar-refractivity contribution is 9.10. The molecule has 0 atom stereocenters. The van der Waals surface area contributed by atoms with Crippen LogP contribution in [0.1, 0.15) is 21.7 Å². The van der Waals surface area contributed by atoms with Crippen molar-refractivity contribution in [3.63, 3.8) is 0 Å². The maximum atomic E-state index is 12.4. The molecule has 0 spiro atoms. The SMILES string of the molecule is Cc1ccc(OC(F)F)c(NC(=O)c2c(Br)c(C)nn2C)c1. The number of hydrogen-bond acceptors (Lipinski definition) is 3. The minimum absolute atomic E-state index is 0.0936. The van der Waals surface area contributed by atoms with E-state index in [-0.39, 0.29) is 11.4 Å². The molecule has 0 unspecified atom stereocenters. The van der Waals surface area contributed by atoms with Gasteiger partial charge in [0.2, 0.25) is 0 Å². The molecule has 2 rings (SSSR count). The van der Waals surface area contributed by atoms with Gasteiger partial charge in [0.1, 0.15) is 11.4 Å². The van der Waals surface area contributed by atoms with E-state index in [1.165, 1.54) is 10.7 Å². The number of hydrogen-bond donors (Lipinski definition) is 1. The molecule has 22 heavy (non-hydrogen) atoms. The largest absolute Gasteiger partial charge is 0.433 e. The van der Waals surface area contributed by atoms with Crippen LogP contribution in [0.2, 0.25) is 0 Å². The average molecular weight is 374 g/mol. The van der Waals surface area contributed by atoms with Gasteiger partial charge in [-0.1, -0.05) is 6.07 Å². The van der Waals surface area contributed by atoms with Crippen molar-refractivity contribution in [2.24, 2.45) is 7.05 Å². The van der Waals surface area contributed by atoms with Crippen LogP contribution in [0.3, 0.4) is 0 Å². The molecule has 5 nitrogen and oxygen atoms in total. The number of carbonyl (C=O) groups is 1. The maximum absolute atomic E-state index is 12.4. The van der Waals surface area contributed by atoms with E-state index in [2.05, 4.69) is 31.1 Å². The normalized spacial score (nSPS) is 10.9. The number of carbonyl (C=O) groups excluding carboxylic acids is 1. The number of nitrogens with one attached hydrogen (secondary N) is 1. The van der Waals surface area contributed by atoms with Gasteiger partial charge in [-0.2, -0.15) is 13.9 Å². The van der Waals surface area contributed by atoms with Crippen molar-refractivity contribution < 1.29 is 18.3 Å². The highest BCUT2D eigenvalue weighted by Gasteiger charge is 2.20. The Hall–Kier alpha value is -1.96. The molecule has 0 bridgehead atoms. The topological polar surface area (TPSA) is 56.1 Å². The van der Waals surface area contributed by atoms with Crippen molar-refractivity contribution in [1.29, 1.82) is 0 Å². The number of ether oxygens (including phenoxy) is 1. The highest BCUT2D eigenvalue weighted by Crippen LogP contribution is 2.29. The molecule has 8 heteroatoms. The number of anilines is 1. The molecule has 0 saturated carbocycles. The van der Waals surface area contributed by atoms with Crippen molar-refractivity contribution in [3.8, 4) is 5.75 Å². The zero-order chi connectivity index (χ0) is 16.4. The first-order valence-electron chi connectivity index (χ1n) is 6.35. The molecule has 0 radical (unpaired) electrons. The average Bonchev–Trinajstić information content (AvgIpc) is 2.66. The van der Waals surface area contributed by atoms with Gasteiger partial charge < -0.3 is 10.1 Å². The van der Waals surface area contributed by atoms with Crippen LogP contribution in [0, 0.1) is 13.8 Å². The summed E-state index contributed by atoms with van der Waals surface area (Å²) >= 11 is 3.29. The molecule has 1 aromatic carbocycles. The lowest BCUT2D eigenvalue weighted by atomic mass is 10.2. The first-order chi connectivity index (χ1) is 10.3. The van der Waals surface area contributed by atoms with Crippen molar-refractivity contribution in [2.45, 2.75) is 20.5 Å². The number of benzene rings is 1. The summed E-state index contributed by atoms with van der Waals surface area (Å²) in [6.45, 7) is 0.564. The third kappa shape index (κ3) is 3.44. The van der Waals surface area contributed by atoms with Crippen LogP contribution in [-0.2, 0) is 7.05 Å². The molecule has 0 aliphatic carbocycles. The summed E-state index contributed by atoms with van der Waals surface area (Å²) in [6, 6.07) is 4.57. The molecule has 0 saturated heterocycles. The van der Waals surface area contributed by atoms with Crippen molar-refractivity contribution in [3.05, 3.63) is 39.6 Å². The van der Waals surface area contributed by atoms with Crippen LogP contribution in [0.4, 0.5) is 14.5 Å². The summed E-state index contributed by atoms with van der Waals surface area (Å²) in [5.74, 6) is -0.566. The lowest BCUT2D eigenvalue weighted by molar-refractivity contribution is -0.0493. The minimum atomic E-state index is -2.97. The van der Waals surface area contributed by atoms with Crippen LogP contribution in [0.15, 0.2) is 22.7 Å². The Morgan fingerprint density at radius 2 is 2.09 bits per heavy atom. The van der Waals surface area contributed by atoms with E-state index >= 15 is 0 Å². The Morgan fingerprint density at radius 3 is 2.64 bits per heavy atom. The third-order valence-electron chi connectivity index (χ3n) is 2.96. The molecule has 0 aliphatic rings. The Kier molecular flexibility index (Phi) is 4.80. The van der Waals surface area contributed by atoms with Gasteiger partial charge in [-0.05, 0) is 47.5 Å². The molecular formula is C14H14BrF2N3O2. The number of rotatable bonds is 4. The Labute approximate surface area is 134 Å². The second kappa shape index (κ2) is 6.43. The predicted octanol–water partition coefficient (Wildman–Crippen LogP) is 3.65. The first kappa shape index (κ1) is 16.4. The second-order valence-electron chi connectivity index (χ2n) is 4.70. The van der Waals surface area contributed by atoms with Crippen LogP contribution in [0.5, 0.6) is 5.75 Å². The highest BCUT2D eigenvalue weighted by atomic mass is 79.9. The number of alkyl halides is 2. The molecule has 1 amide bonds. The van der Waals surface area contributed by atoms with Gasteiger partial charge in [0.15, 0.2) is 0 Å². The fraction of sp³-hybridized carbons (Fsp3) is 0.286. The number of nitrogens with zero attached hydrogens (tertiary/aromatic N) is 2. The fourth-order valence-electron chi connectivity index (χ4n) is 2.00. The molecular weight excluding hydrogens is 360 g/mol. The van der Waals surface area contributed by atoms with Crippen LogP contribution in [0.25, 0.3) is 0 Å². The van der Waals surface area contributed by atoms with E-state index in [0.717, 1.165) is 5.56 Å². The van der Waals surface area contributed by atoms with E-state index in [1.54, 1.807) is 33.0 Å². The quantitative estimate of drug-likeness (QED) is 0.889. The van der Waals surface area contributed by atoms with E-state index in [9.17, 15) is 13.6 Å². The van der Waals surface area contributed by atoms with Crippen LogP contribution in [-0.4, -0.2) is 22.3 Å². The molecule has 1 heterocycles. The second-order valence-corrected chi connectivity index (χ2v) is 5.50. The summed E-state index contributed by atoms with van der Waals surface area (Å²) in [7, 11) is 1.62. The van der Waals surface area contributed by atoms with Crippen molar-refractivity contribution >= 4 is 27.5 Å². The lowest BCUT2D eigenvalue weighted by Gasteiger charge is -2.13.